The standard InChI is InChI=1S/C23H44N4O4.HI/c1-6-24-21(26-14-11-20(12-15-26)30-17-9-16-29-5)25-18-19-10-7-8-13-27(19)22(28)31-23(2,3)4;/h19-20H,6-18H2,1-5H3,(H,24,25);1H. The van der Waals surface area contributed by atoms with E-state index in [1.54, 1.807) is 7.11 Å². The summed E-state index contributed by atoms with van der Waals surface area (Å²) in [7, 11) is 1.72. The summed E-state index contributed by atoms with van der Waals surface area (Å²) < 4.78 is 16.7. The van der Waals surface area contributed by atoms with Gasteiger partial charge in [0.15, 0.2) is 5.96 Å². The SMILES string of the molecule is CCNC(=NCC1CCCCN1C(=O)OC(C)(C)C)N1CCC(OCCCOC)CC1.I. The molecule has 1 amide bonds. The van der Waals surface area contributed by atoms with Crippen LogP contribution in [0.5, 0.6) is 0 Å². The van der Waals surface area contributed by atoms with E-state index in [1.807, 2.05) is 25.7 Å². The molecule has 9 heteroatoms. The third-order valence-corrected chi connectivity index (χ3v) is 5.63. The Balaban J connectivity index is 0.00000512. The molecule has 2 fully saturated rings. The Hall–Kier alpha value is -0.810. The fourth-order valence-corrected chi connectivity index (χ4v) is 4.06. The van der Waals surface area contributed by atoms with E-state index in [2.05, 4.69) is 17.1 Å². The number of hydrogen-bond acceptors (Lipinski definition) is 5. The van der Waals surface area contributed by atoms with Crippen LogP contribution in [0.2, 0.25) is 0 Å². The smallest absolute Gasteiger partial charge is 0.410 e. The van der Waals surface area contributed by atoms with Crippen molar-refractivity contribution in [2.45, 2.75) is 84.0 Å². The molecular weight excluding hydrogens is 523 g/mol. The van der Waals surface area contributed by atoms with E-state index in [4.69, 9.17) is 19.2 Å². The largest absolute Gasteiger partial charge is 0.444 e. The average molecular weight is 569 g/mol. The third kappa shape index (κ3) is 10.4. The molecule has 0 aromatic rings. The number of likely N-dealkylation sites (tertiary alicyclic amines) is 2. The van der Waals surface area contributed by atoms with E-state index < -0.39 is 5.60 Å². The molecule has 0 aromatic carbocycles. The molecule has 0 spiro atoms. The maximum absolute atomic E-state index is 12.7. The summed E-state index contributed by atoms with van der Waals surface area (Å²) in [6, 6.07) is 0.0962. The molecule has 2 rings (SSSR count). The van der Waals surface area contributed by atoms with Gasteiger partial charge in [0.25, 0.3) is 0 Å². The Morgan fingerprint density at radius 3 is 2.44 bits per heavy atom. The van der Waals surface area contributed by atoms with Crippen LogP contribution in [0.25, 0.3) is 0 Å². The van der Waals surface area contributed by atoms with Crippen LogP contribution < -0.4 is 5.32 Å². The van der Waals surface area contributed by atoms with Crippen LogP contribution in [0, 0.1) is 0 Å². The summed E-state index contributed by atoms with van der Waals surface area (Å²) in [5.74, 6) is 0.940. The van der Waals surface area contributed by atoms with E-state index in [0.717, 1.165) is 83.9 Å². The summed E-state index contributed by atoms with van der Waals surface area (Å²) >= 11 is 0. The number of rotatable bonds is 8. The van der Waals surface area contributed by atoms with Gasteiger partial charge in [-0.3, -0.25) is 4.99 Å². The second kappa shape index (κ2) is 15.2. The number of amides is 1. The fraction of sp³-hybridized carbons (Fsp3) is 0.913. The Bertz CT molecular complexity index is 563. The van der Waals surface area contributed by atoms with Crippen LogP contribution in [0.4, 0.5) is 4.79 Å². The number of nitrogens with zero attached hydrogens (tertiary/aromatic N) is 3. The minimum atomic E-state index is -0.479. The Kier molecular flexibility index (Phi) is 13.8. The van der Waals surface area contributed by atoms with Crippen LogP contribution in [-0.2, 0) is 14.2 Å². The highest BCUT2D eigenvalue weighted by molar-refractivity contribution is 14.0. The molecule has 0 radical (unpaired) electrons. The highest BCUT2D eigenvalue weighted by atomic mass is 127. The molecule has 8 nitrogen and oxygen atoms in total. The first-order valence-electron chi connectivity index (χ1n) is 12.0. The average Bonchev–Trinajstić information content (AvgIpc) is 2.74. The number of hydrogen-bond donors (Lipinski definition) is 1. The fourth-order valence-electron chi connectivity index (χ4n) is 4.06. The molecule has 32 heavy (non-hydrogen) atoms. The van der Waals surface area contributed by atoms with Crippen molar-refractivity contribution in [3.8, 4) is 0 Å². The zero-order chi connectivity index (χ0) is 22.7. The summed E-state index contributed by atoms with van der Waals surface area (Å²) in [5.41, 5.74) is -0.479. The van der Waals surface area contributed by atoms with E-state index in [9.17, 15) is 4.79 Å². The van der Waals surface area contributed by atoms with Crippen LogP contribution in [-0.4, -0.2) is 92.6 Å². The number of aliphatic imine (C=N–C) groups is 1. The Morgan fingerprint density at radius 2 is 1.81 bits per heavy atom. The lowest BCUT2D eigenvalue weighted by atomic mass is 10.0. The van der Waals surface area contributed by atoms with Crippen molar-refractivity contribution in [2.75, 3.05) is 53.0 Å². The van der Waals surface area contributed by atoms with Gasteiger partial charge in [0.1, 0.15) is 5.60 Å². The van der Waals surface area contributed by atoms with Crippen molar-refractivity contribution in [1.29, 1.82) is 0 Å². The zero-order valence-electron chi connectivity index (χ0n) is 20.7. The summed E-state index contributed by atoms with van der Waals surface area (Å²) in [6.07, 6.45) is 6.17. The van der Waals surface area contributed by atoms with Crippen molar-refractivity contribution in [3.63, 3.8) is 0 Å². The minimum Gasteiger partial charge on any atom is -0.444 e. The lowest BCUT2D eigenvalue weighted by Gasteiger charge is -2.37. The number of piperidine rings is 2. The van der Waals surface area contributed by atoms with Crippen molar-refractivity contribution in [1.82, 2.24) is 15.1 Å². The zero-order valence-corrected chi connectivity index (χ0v) is 23.1. The molecule has 0 saturated carbocycles. The molecule has 0 aromatic heterocycles. The topological polar surface area (TPSA) is 75.6 Å². The molecule has 2 aliphatic rings. The molecule has 188 valence electrons. The Labute approximate surface area is 211 Å². The monoisotopic (exact) mass is 568 g/mol. The second-order valence-electron chi connectivity index (χ2n) is 9.42. The maximum atomic E-state index is 12.7. The van der Waals surface area contributed by atoms with Gasteiger partial charge < -0.3 is 29.3 Å². The molecule has 2 heterocycles. The lowest BCUT2D eigenvalue weighted by molar-refractivity contribution is 0.00884. The molecule has 1 atom stereocenters. The highest BCUT2D eigenvalue weighted by Gasteiger charge is 2.30. The van der Waals surface area contributed by atoms with Gasteiger partial charge in [0, 0.05) is 46.5 Å². The van der Waals surface area contributed by atoms with Gasteiger partial charge in [0.2, 0.25) is 0 Å². The summed E-state index contributed by atoms with van der Waals surface area (Å²) in [6.45, 7) is 13.4. The van der Waals surface area contributed by atoms with Gasteiger partial charge in [-0.25, -0.2) is 4.79 Å². The van der Waals surface area contributed by atoms with Crippen molar-refractivity contribution < 1.29 is 19.0 Å². The van der Waals surface area contributed by atoms with E-state index in [-0.39, 0.29) is 36.1 Å². The van der Waals surface area contributed by atoms with Crippen LogP contribution >= 0.6 is 24.0 Å². The van der Waals surface area contributed by atoms with E-state index >= 15 is 0 Å². The quantitative estimate of drug-likeness (QED) is 0.208. The molecule has 2 saturated heterocycles. The summed E-state index contributed by atoms with van der Waals surface area (Å²) in [4.78, 5) is 21.8. The first kappa shape index (κ1) is 29.2. The van der Waals surface area contributed by atoms with Gasteiger partial charge in [-0.15, -0.1) is 24.0 Å². The molecule has 1 N–H and O–H groups in total. The Morgan fingerprint density at radius 1 is 1.09 bits per heavy atom. The van der Waals surface area contributed by atoms with E-state index in [1.165, 1.54) is 0 Å². The first-order chi connectivity index (χ1) is 14.8. The van der Waals surface area contributed by atoms with E-state index in [0.29, 0.717) is 12.6 Å². The lowest BCUT2D eigenvalue weighted by Crippen LogP contribution is -2.49. The molecule has 0 bridgehead atoms. The van der Waals surface area contributed by atoms with Gasteiger partial charge in [-0.1, -0.05) is 0 Å². The number of carbonyl (C=O) groups is 1. The molecule has 0 aliphatic carbocycles. The third-order valence-electron chi connectivity index (χ3n) is 5.63. The predicted octanol–water partition coefficient (Wildman–Crippen LogP) is 3.88. The number of carbonyl (C=O) groups excluding carboxylic acids is 1. The second-order valence-corrected chi connectivity index (χ2v) is 9.42. The van der Waals surface area contributed by atoms with Crippen molar-refractivity contribution in [2.24, 2.45) is 4.99 Å². The van der Waals surface area contributed by atoms with Crippen molar-refractivity contribution >= 4 is 36.0 Å². The number of methoxy groups -OCH3 is 1. The van der Waals surface area contributed by atoms with Crippen LogP contribution in [0.1, 0.15) is 66.2 Å². The molecule has 2 aliphatic heterocycles. The van der Waals surface area contributed by atoms with Crippen molar-refractivity contribution in [3.05, 3.63) is 0 Å². The molecular formula is C23H45IN4O4. The van der Waals surface area contributed by atoms with Gasteiger partial charge in [-0.2, -0.15) is 0 Å². The minimum absolute atomic E-state index is 0. The number of ether oxygens (including phenoxy) is 3. The maximum Gasteiger partial charge on any atom is 0.410 e. The number of halogens is 1. The molecule has 1 unspecified atom stereocenters. The van der Waals surface area contributed by atoms with Gasteiger partial charge in [0.05, 0.1) is 18.7 Å². The highest BCUT2D eigenvalue weighted by Crippen LogP contribution is 2.21. The normalized spacial score (nSPS) is 20.7. The van der Waals surface area contributed by atoms with Gasteiger partial charge in [-0.05, 0) is 66.2 Å². The predicted molar refractivity (Wildman–Crippen MR) is 139 cm³/mol. The number of nitrogens with one attached hydrogen (secondary N) is 1. The first-order valence-corrected chi connectivity index (χ1v) is 12.0. The van der Waals surface area contributed by atoms with Gasteiger partial charge >= 0.3 is 6.09 Å². The number of guanidine groups is 1. The van der Waals surface area contributed by atoms with Crippen LogP contribution in [0.15, 0.2) is 4.99 Å². The van der Waals surface area contributed by atoms with Crippen LogP contribution in [0.3, 0.4) is 0 Å². The summed E-state index contributed by atoms with van der Waals surface area (Å²) in [5, 5.41) is 3.43.